The van der Waals surface area contributed by atoms with Crippen LogP contribution in [0, 0.1) is 11.3 Å². The van der Waals surface area contributed by atoms with Gasteiger partial charge in [-0.25, -0.2) is 9.79 Å². The number of aliphatic imine (C=N–C) groups is 1. The number of amidine groups is 1. The number of carboxylic acid groups (broad SMARTS) is 1. The molecule has 8 heteroatoms. The highest BCUT2D eigenvalue weighted by Crippen LogP contribution is 2.35. The zero-order valence-electron chi connectivity index (χ0n) is 18.1. The zero-order chi connectivity index (χ0) is 24.1. The fourth-order valence-corrected chi connectivity index (χ4v) is 4.23. The summed E-state index contributed by atoms with van der Waals surface area (Å²) in [4.78, 5) is 30.4. The summed E-state index contributed by atoms with van der Waals surface area (Å²) in [6.45, 7) is 0.220. The van der Waals surface area contributed by atoms with Crippen LogP contribution in [0.15, 0.2) is 82.7 Å². The first-order valence-corrected chi connectivity index (χ1v) is 11.1. The molecule has 3 aromatic carbocycles. The lowest BCUT2D eigenvalue weighted by molar-refractivity contribution is -0.121. The molecule has 0 atom stereocenters. The Morgan fingerprint density at radius 1 is 1.15 bits per heavy atom. The van der Waals surface area contributed by atoms with E-state index in [4.69, 9.17) is 4.74 Å². The van der Waals surface area contributed by atoms with E-state index in [1.165, 1.54) is 28.8 Å². The van der Waals surface area contributed by atoms with E-state index < -0.39 is 5.97 Å². The number of nitrogens with zero attached hydrogens (tertiary/aromatic N) is 3. The summed E-state index contributed by atoms with van der Waals surface area (Å²) in [5.41, 5.74) is 2.61. The second-order valence-electron chi connectivity index (χ2n) is 7.32. The molecule has 1 saturated heterocycles. The number of likely N-dealkylation sites (N-methyl/N-ethyl adjacent to an activating group) is 1. The fraction of sp³-hybridized carbons (Fsp3) is 0.0769. The molecule has 0 radical (unpaired) electrons. The Kier molecular flexibility index (Phi) is 6.76. The molecule has 4 rings (SSSR count). The maximum atomic E-state index is 12.8. The molecule has 0 aromatic heterocycles. The number of carbonyl (C=O) groups excluding carboxylic acids is 1. The molecule has 1 aliphatic heterocycles. The maximum Gasteiger partial charge on any atom is 0.335 e. The Morgan fingerprint density at radius 3 is 2.71 bits per heavy atom. The minimum atomic E-state index is -1.04. The van der Waals surface area contributed by atoms with Crippen molar-refractivity contribution in [2.75, 3.05) is 7.05 Å². The van der Waals surface area contributed by atoms with Crippen molar-refractivity contribution in [2.24, 2.45) is 4.99 Å². The summed E-state index contributed by atoms with van der Waals surface area (Å²) < 4.78 is 5.98. The number of hydrogen-bond acceptors (Lipinski definition) is 6. The van der Waals surface area contributed by atoms with Gasteiger partial charge in [0.25, 0.3) is 5.91 Å². The summed E-state index contributed by atoms with van der Waals surface area (Å²) in [6.07, 6.45) is 1.74. The Labute approximate surface area is 200 Å². The number of rotatable bonds is 6. The van der Waals surface area contributed by atoms with E-state index in [2.05, 4.69) is 11.1 Å². The Morgan fingerprint density at radius 2 is 1.91 bits per heavy atom. The van der Waals surface area contributed by atoms with E-state index in [9.17, 15) is 20.0 Å². The van der Waals surface area contributed by atoms with Crippen LogP contribution < -0.4 is 4.74 Å². The molecule has 1 amide bonds. The molecule has 1 heterocycles. The number of amides is 1. The van der Waals surface area contributed by atoms with Gasteiger partial charge in [-0.15, -0.1) is 0 Å². The van der Waals surface area contributed by atoms with Crippen LogP contribution in [-0.4, -0.2) is 34.1 Å². The maximum absolute atomic E-state index is 12.8. The minimum Gasteiger partial charge on any atom is -0.488 e. The van der Waals surface area contributed by atoms with E-state index in [0.29, 0.717) is 27.1 Å². The average molecular weight is 470 g/mol. The quantitative estimate of drug-likeness (QED) is 0.506. The number of benzene rings is 3. The number of hydrogen-bond donors (Lipinski definition) is 1. The monoisotopic (exact) mass is 469 g/mol. The van der Waals surface area contributed by atoms with Gasteiger partial charge in [-0.1, -0.05) is 42.5 Å². The summed E-state index contributed by atoms with van der Waals surface area (Å²) in [6, 6.07) is 23.0. The molecule has 1 aliphatic rings. The molecule has 0 bridgehead atoms. The first-order chi connectivity index (χ1) is 16.5. The van der Waals surface area contributed by atoms with Crippen LogP contribution in [-0.2, 0) is 11.4 Å². The highest BCUT2D eigenvalue weighted by atomic mass is 32.2. The molecule has 1 fully saturated rings. The van der Waals surface area contributed by atoms with E-state index >= 15 is 0 Å². The molecule has 34 heavy (non-hydrogen) atoms. The van der Waals surface area contributed by atoms with Crippen LogP contribution in [0.5, 0.6) is 5.75 Å². The third-order valence-corrected chi connectivity index (χ3v) is 6.11. The molecule has 3 aromatic rings. The SMILES string of the molecule is CN1C(=O)C(=Cc2ccccc2OCc2ccccc2C#N)SC1=Nc1cccc(C(=O)O)c1. The second-order valence-corrected chi connectivity index (χ2v) is 8.33. The van der Waals surface area contributed by atoms with Gasteiger partial charge in [0.1, 0.15) is 12.4 Å². The largest absolute Gasteiger partial charge is 0.488 e. The summed E-state index contributed by atoms with van der Waals surface area (Å²) in [7, 11) is 1.62. The predicted molar refractivity (Wildman–Crippen MR) is 131 cm³/mol. The van der Waals surface area contributed by atoms with Gasteiger partial charge in [-0.3, -0.25) is 9.69 Å². The highest BCUT2D eigenvalue weighted by molar-refractivity contribution is 8.18. The zero-order valence-corrected chi connectivity index (χ0v) is 19.0. The first kappa shape index (κ1) is 22.8. The number of aromatic carboxylic acids is 1. The van der Waals surface area contributed by atoms with E-state index in [0.717, 1.165) is 11.1 Å². The minimum absolute atomic E-state index is 0.124. The van der Waals surface area contributed by atoms with Gasteiger partial charge >= 0.3 is 5.97 Å². The predicted octanol–water partition coefficient (Wildman–Crippen LogP) is 5.07. The van der Waals surface area contributed by atoms with Crippen molar-refractivity contribution in [1.82, 2.24) is 4.90 Å². The number of carboxylic acids is 1. The van der Waals surface area contributed by atoms with Gasteiger partial charge in [-0.2, -0.15) is 5.26 Å². The van der Waals surface area contributed by atoms with Crippen molar-refractivity contribution in [2.45, 2.75) is 6.61 Å². The molecule has 0 unspecified atom stereocenters. The molecule has 1 N–H and O–H groups in total. The second kappa shape index (κ2) is 10.1. The number of ether oxygens (including phenoxy) is 1. The van der Waals surface area contributed by atoms with Gasteiger partial charge < -0.3 is 9.84 Å². The molecule has 0 saturated carbocycles. The van der Waals surface area contributed by atoms with Crippen LogP contribution >= 0.6 is 11.8 Å². The van der Waals surface area contributed by atoms with E-state index in [-0.39, 0.29) is 18.1 Å². The lowest BCUT2D eigenvalue weighted by Gasteiger charge is -2.10. The van der Waals surface area contributed by atoms with Gasteiger partial charge in [0.05, 0.1) is 27.8 Å². The van der Waals surface area contributed by atoms with Crippen LogP contribution in [0.4, 0.5) is 5.69 Å². The third-order valence-electron chi connectivity index (χ3n) is 5.05. The number of nitriles is 1. The Balaban J connectivity index is 1.58. The molecule has 0 aliphatic carbocycles. The van der Waals surface area contributed by atoms with Gasteiger partial charge in [-0.05, 0) is 48.2 Å². The molecule has 0 spiro atoms. The van der Waals surface area contributed by atoms with Gasteiger partial charge in [0.2, 0.25) is 0 Å². The van der Waals surface area contributed by atoms with Gasteiger partial charge in [0.15, 0.2) is 5.17 Å². The van der Waals surface area contributed by atoms with Crippen molar-refractivity contribution < 1.29 is 19.4 Å². The number of thioether (sulfide) groups is 1. The van der Waals surface area contributed by atoms with E-state index in [1.54, 1.807) is 37.4 Å². The molecular formula is C26H19N3O4S. The van der Waals surface area contributed by atoms with Crippen LogP contribution in [0.2, 0.25) is 0 Å². The van der Waals surface area contributed by atoms with Crippen molar-refractivity contribution in [1.29, 1.82) is 5.26 Å². The smallest absolute Gasteiger partial charge is 0.335 e. The van der Waals surface area contributed by atoms with Gasteiger partial charge in [0, 0.05) is 18.2 Å². The summed E-state index contributed by atoms with van der Waals surface area (Å²) in [5.74, 6) is -0.679. The van der Waals surface area contributed by atoms with Crippen LogP contribution in [0.25, 0.3) is 6.08 Å². The average Bonchev–Trinajstić information content (AvgIpc) is 3.11. The molecule has 7 nitrogen and oxygen atoms in total. The van der Waals surface area contributed by atoms with Crippen molar-refractivity contribution in [3.63, 3.8) is 0 Å². The molecule has 168 valence electrons. The highest BCUT2D eigenvalue weighted by Gasteiger charge is 2.30. The van der Waals surface area contributed by atoms with Crippen molar-refractivity contribution in [3.05, 3.63) is 100.0 Å². The molecular weight excluding hydrogens is 450 g/mol. The lowest BCUT2D eigenvalue weighted by Crippen LogP contribution is -2.23. The normalized spacial score (nSPS) is 15.5. The summed E-state index contributed by atoms with van der Waals surface area (Å²) >= 11 is 1.20. The van der Waals surface area contributed by atoms with Crippen LogP contribution in [0.3, 0.4) is 0 Å². The fourth-order valence-electron chi connectivity index (χ4n) is 3.25. The Hall–Kier alpha value is -4.35. The summed E-state index contributed by atoms with van der Waals surface area (Å²) in [5, 5.41) is 18.9. The lowest BCUT2D eigenvalue weighted by atomic mass is 10.1. The van der Waals surface area contributed by atoms with Crippen molar-refractivity contribution >= 4 is 40.6 Å². The first-order valence-electron chi connectivity index (χ1n) is 10.3. The number of para-hydroxylation sites is 1. The Bertz CT molecular complexity index is 1370. The standard InChI is InChI=1S/C26H19N3O4S/c1-29-24(30)23(34-26(29)28-21-11-6-10-18(13-21)25(31)32)14-17-7-4-5-12-22(17)33-16-20-9-3-2-8-19(20)15-27/h2-14H,16H2,1H3,(H,31,32). The third kappa shape index (κ3) is 5.00. The number of carbonyl (C=O) groups is 2. The topological polar surface area (TPSA) is 103 Å². The van der Waals surface area contributed by atoms with Crippen LogP contribution in [0.1, 0.15) is 27.0 Å². The van der Waals surface area contributed by atoms with Crippen molar-refractivity contribution in [3.8, 4) is 11.8 Å². The van der Waals surface area contributed by atoms with E-state index in [1.807, 2.05) is 36.4 Å².